The van der Waals surface area contributed by atoms with Crippen LogP contribution in [0, 0.1) is 14.1 Å². The van der Waals surface area contributed by atoms with Gasteiger partial charge in [0.1, 0.15) is 12.4 Å². The zero-order valence-electron chi connectivity index (χ0n) is 17.5. The fourth-order valence-corrected chi connectivity index (χ4v) is 6.55. The molecule has 0 radical (unpaired) electrons. The van der Waals surface area contributed by atoms with Crippen molar-refractivity contribution in [3.05, 3.63) is 99.4 Å². The minimum absolute atomic E-state index is 0.253. The standard InChI is InChI=1S/C25H18BrI2NO3S/c1-15-3-2-4-17(9-15)14-32-23-20(27)10-18(11-21(23)28)12-22-24(30)29(25(31)33-22)13-16-5-7-19(26)8-6-16/h2-12H,13-14H2,1H3/b22-12-. The van der Waals surface area contributed by atoms with Crippen molar-refractivity contribution in [2.75, 3.05) is 0 Å². The first-order valence-electron chi connectivity index (χ1n) is 9.97. The molecule has 2 amide bonds. The average molecular weight is 746 g/mol. The Morgan fingerprint density at radius 1 is 1.00 bits per heavy atom. The number of ether oxygens (including phenoxy) is 1. The molecule has 0 saturated carbocycles. The average Bonchev–Trinajstić information content (AvgIpc) is 3.02. The van der Waals surface area contributed by atoms with Gasteiger partial charge in [-0.05, 0) is 111 Å². The third-order valence-electron chi connectivity index (χ3n) is 4.91. The second kappa shape index (κ2) is 10.9. The summed E-state index contributed by atoms with van der Waals surface area (Å²) in [6.45, 7) is 2.81. The Morgan fingerprint density at radius 2 is 1.70 bits per heavy atom. The smallest absolute Gasteiger partial charge is 0.293 e. The van der Waals surface area contributed by atoms with E-state index in [0.717, 1.165) is 45.8 Å². The number of rotatable bonds is 6. The molecule has 1 fully saturated rings. The van der Waals surface area contributed by atoms with E-state index in [4.69, 9.17) is 4.74 Å². The Kier molecular flexibility index (Phi) is 8.19. The number of halogens is 3. The number of imide groups is 1. The van der Waals surface area contributed by atoms with Crippen LogP contribution in [0.4, 0.5) is 4.79 Å². The summed E-state index contributed by atoms with van der Waals surface area (Å²) in [6.07, 6.45) is 1.78. The van der Waals surface area contributed by atoms with E-state index in [1.54, 1.807) is 6.08 Å². The maximum atomic E-state index is 12.9. The van der Waals surface area contributed by atoms with Crippen molar-refractivity contribution in [2.45, 2.75) is 20.1 Å². The van der Waals surface area contributed by atoms with Gasteiger partial charge in [0.15, 0.2) is 0 Å². The summed E-state index contributed by atoms with van der Waals surface area (Å²) in [6, 6.07) is 19.8. The lowest BCUT2D eigenvalue weighted by Gasteiger charge is -2.13. The van der Waals surface area contributed by atoms with Crippen LogP contribution in [0.3, 0.4) is 0 Å². The Balaban J connectivity index is 1.49. The predicted octanol–water partition coefficient (Wildman–Crippen LogP) is 7.78. The van der Waals surface area contributed by atoms with Crippen molar-refractivity contribution >= 4 is 90.1 Å². The van der Waals surface area contributed by atoms with E-state index in [2.05, 4.69) is 80.2 Å². The lowest BCUT2D eigenvalue weighted by molar-refractivity contribution is -0.123. The molecule has 0 spiro atoms. The predicted molar refractivity (Wildman–Crippen MR) is 153 cm³/mol. The molecule has 8 heteroatoms. The normalized spacial score (nSPS) is 14.9. The van der Waals surface area contributed by atoms with Gasteiger partial charge in [0.25, 0.3) is 11.1 Å². The maximum Gasteiger partial charge on any atom is 0.293 e. The summed E-state index contributed by atoms with van der Waals surface area (Å²) in [7, 11) is 0. The van der Waals surface area contributed by atoms with Crippen molar-refractivity contribution in [1.29, 1.82) is 0 Å². The van der Waals surface area contributed by atoms with E-state index in [1.807, 2.05) is 48.5 Å². The molecule has 33 heavy (non-hydrogen) atoms. The molecule has 1 heterocycles. The quantitative estimate of drug-likeness (QED) is 0.191. The highest BCUT2D eigenvalue weighted by molar-refractivity contribution is 14.1. The van der Waals surface area contributed by atoms with E-state index < -0.39 is 0 Å². The number of hydrogen-bond acceptors (Lipinski definition) is 4. The van der Waals surface area contributed by atoms with Crippen molar-refractivity contribution < 1.29 is 14.3 Å². The molecule has 0 bridgehead atoms. The fourth-order valence-electron chi connectivity index (χ4n) is 3.32. The Labute approximate surface area is 232 Å². The second-order valence-electron chi connectivity index (χ2n) is 7.49. The van der Waals surface area contributed by atoms with Crippen molar-refractivity contribution in [3.8, 4) is 5.75 Å². The van der Waals surface area contributed by atoms with Crippen LogP contribution >= 0.6 is 72.9 Å². The van der Waals surface area contributed by atoms with Gasteiger partial charge in [-0.15, -0.1) is 0 Å². The van der Waals surface area contributed by atoms with Crippen molar-refractivity contribution in [2.24, 2.45) is 0 Å². The number of carbonyl (C=O) groups is 2. The Morgan fingerprint density at radius 3 is 2.36 bits per heavy atom. The topological polar surface area (TPSA) is 46.6 Å². The fraction of sp³-hybridized carbons (Fsp3) is 0.120. The monoisotopic (exact) mass is 745 g/mol. The van der Waals surface area contributed by atoms with Gasteiger partial charge < -0.3 is 4.74 Å². The number of thioether (sulfide) groups is 1. The third kappa shape index (κ3) is 6.20. The van der Waals surface area contributed by atoms with E-state index >= 15 is 0 Å². The maximum absolute atomic E-state index is 12.9. The number of nitrogens with zero attached hydrogens (tertiary/aromatic N) is 1. The van der Waals surface area contributed by atoms with Gasteiger partial charge in [-0.2, -0.15) is 0 Å². The first kappa shape index (κ1) is 24.7. The van der Waals surface area contributed by atoms with Crippen molar-refractivity contribution in [1.82, 2.24) is 4.90 Å². The van der Waals surface area contributed by atoms with E-state index in [-0.39, 0.29) is 17.7 Å². The molecule has 3 aromatic carbocycles. The van der Waals surface area contributed by atoms with Crippen LogP contribution in [0.25, 0.3) is 6.08 Å². The molecule has 4 nitrogen and oxygen atoms in total. The van der Waals surface area contributed by atoms with Crippen LogP contribution in [0.2, 0.25) is 0 Å². The summed E-state index contributed by atoms with van der Waals surface area (Å²) in [4.78, 5) is 27.1. The molecule has 1 aliphatic rings. The molecule has 0 atom stereocenters. The largest absolute Gasteiger partial charge is 0.487 e. The molecular formula is C25H18BrI2NO3S. The SMILES string of the molecule is Cc1cccc(COc2c(I)cc(/C=C3\SC(=O)N(Cc4ccc(Br)cc4)C3=O)cc2I)c1. The summed E-state index contributed by atoms with van der Waals surface area (Å²) in [5.41, 5.74) is 4.08. The van der Waals surface area contributed by atoms with Crippen LogP contribution < -0.4 is 4.74 Å². The summed E-state index contributed by atoms with van der Waals surface area (Å²) in [5.74, 6) is 0.552. The number of amides is 2. The van der Waals surface area contributed by atoms with Gasteiger partial charge in [-0.1, -0.05) is 57.9 Å². The van der Waals surface area contributed by atoms with Crippen LogP contribution in [-0.4, -0.2) is 16.0 Å². The van der Waals surface area contributed by atoms with E-state index in [9.17, 15) is 9.59 Å². The van der Waals surface area contributed by atoms with Crippen molar-refractivity contribution in [3.63, 3.8) is 0 Å². The van der Waals surface area contributed by atoms with Gasteiger partial charge >= 0.3 is 0 Å². The molecule has 1 saturated heterocycles. The van der Waals surface area contributed by atoms with Crippen LogP contribution in [0.5, 0.6) is 5.75 Å². The third-order valence-corrected chi connectivity index (χ3v) is 7.95. The number of benzene rings is 3. The van der Waals surface area contributed by atoms with Crippen LogP contribution in [-0.2, 0) is 17.9 Å². The van der Waals surface area contributed by atoms with Gasteiger partial charge in [0.05, 0.1) is 18.6 Å². The van der Waals surface area contributed by atoms with Gasteiger partial charge in [0.2, 0.25) is 0 Å². The first-order valence-corrected chi connectivity index (χ1v) is 13.7. The minimum Gasteiger partial charge on any atom is -0.487 e. The molecule has 0 unspecified atom stereocenters. The highest BCUT2D eigenvalue weighted by atomic mass is 127. The minimum atomic E-state index is -0.266. The zero-order valence-corrected chi connectivity index (χ0v) is 24.2. The molecule has 0 aliphatic carbocycles. The molecule has 0 N–H and O–H groups in total. The summed E-state index contributed by atoms with van der Waals surface area (Å²) >= 11 is 8.87. The van der Waals surface area contributed by atoms with E-state index in [0.29, 0.717) is 11.5 Å². The second-order valence-corrected chi connectivity index (χ2v) is 11.7. The molecule has 4 rings (SSSR count). The Hall–Kier alpha value is -1.37. The van der Waals surface area contributed by atoms with E-state index in [1.165, 1.54) is 10.5 Å². The van der Waals surface area contributed by atoms with Gasteiger partial charge in [-0.3, -0.25) is 14.5 Å². The highest BCUT2D eigenvalue weighted by Crippen LogP contribution is 2.35. The Bertz CT molecular complexity index is 1240. The molecular weight excluding hydrogens is 728 g/mol. The number of aryl methyl sites for hydroxylation is 1. The first-order chi connectivity index (χ1) is 15.8. The number of carbonyl (C=O) groups excluding carboxylic acids is 2. The van der Waals surface area contributed by atoms with Crippen LogP contribution in [0.1, 0.15) is 22.3 Å². The summed E-state index contributed by atoms with van der Waals surface area (Å²) in [5, 5.41) is -0.253. The molecule has 3 aromatic rings. The lowest BCUT2D eigenvalue weighted by atomic mass is 10.1. The highest BCUT2D eigenvalue weighted by Gasteiger charge is 2.35. The lowest BCUT2D eigenvalue weighted by Crippen LogP contribution is -2.27. The van der Waals surface area contributed by atoms with Crippen LogP contribution in [0.15, 0.2) is 70.0 Å². The van der Waals surface area contributed by atoms with Gasteiger partial charge in [-0.25, -0.2) is 0 Å². The zero-order chi connectivity index (χ0) is 23.5. The molecule has 1 aliphatic heterocycles. The number of hydrogen-bond donors (Lipinski definition) is 0. The molecule has 0 aromatic heterocycles. The summed E-state index contributed by atoms with van der Waals surface area (Å²) < 4.78 is 8.95. The van der Waals surface area contributed by atoms with Gasteiger partial charge in [0, 0.05) is 4.47 Å². The molecule has 168 valence electrons.